The normalized spacial score (nSPS) is 23.6. The van der Waals surface area contributed by atoms with Gasteiger partial charge in [0.05, 0.1) is 25.4 Å². The zero-order valence-electron chi connectivity index (χ0n) is 12.8. The maximum absolute atomic E-state index is 12.2. The van der Waals surface area contributed by atoms with Gasteiger partial charge in [0.15, 0.2) is 0 Å². The van der Waals surface area contributed by atoms with Crippen molar-refractivity contribution in [1.82, 2.24) is 15.1 Å². The highest BCUT2D eigenvalue weighted by Gasteiger charge is 2.35. The van der Waals surface area contributed by atoms with Crippen LogP contribution in [-0.2, 0) is 9.53 Å². The second-order valence-corrected chi connectivity index (χ2v) is 5.48. The molecule has 1 amide bonds. The third-order valence-corrected chi connectivity index (χ3v) is 3.50. The molecule has 1 N–H and O–H groups in total. The number of rotatable bonds is 9. The maximum atomic E-state index is 12.2. The Morgan fingerprint density at radius 1 is 1.37 bits per heavy atom. The number of carbonyl (C=O) groups is 1. The molecular weight excluding hydrogens is 242 g/mol. The van der Waals surface area contributed by atoms with Gasteiger partial charge in [0, 0.05) is 13.1 Å². The Bertz CT molecular complexity index is 271. The van der Waals surface area contributed by atoms with E-state index in [1.165, 1.54) is 0 Å². The Labute approximate surface area is 117 Å². The van der Waals surface area contributed by atoms with Gasteiger partial charge in [0.25, 0.3) is 0 Å². The molecule has 0 aromatic rings. The number of likely N-dealkylation sites (N-methyl/N-ethyl adjacent to an activating group) is 1. The molecule has 1 saturated heterocycles. The summed E-state index contributed by atoms with van der Waals surface area (Å²) >= 11 is 0. The SMILES string of the molecule is CCCCC1NC(C)N(CCOCCN(C)C)C1=O. The fourth-order valence-electron chi connectivity index (χ4n) is 2.27. The molecule has 1 rings (SSSR count). The number of nitrogens with one attached hydrogen (secondary N) is 1. The summed E-state index contributed by atoms with van der Waals surface area (Å²) in [6.07, 6.45) is 3.31. The minimum absolute atomic E-state index is 0.0109. The van der Waals surface area contributed by atoms with Gasteiger partial charge in [0.1, 0.15) is 0 Å². The first-order valence-corrected chi connectivity index (χ1v) is 7.35. The average molecular weight is 271 g/mol. The van der Waals surface area contributed by atoms with Crippen molar-refractivity contribution < 1.29 is 9.53 Å². The standard InChI is InChI=1S/C14H29N3O2/c1-5-6-7-13-14(18)17(12(2)15-13)9-11-19-10-8-16(3)4/h12-13,15H,5-11H2,1-4H3. The number of hydrogen-bond acceptors (Lipinski definition) is 4. The first kappa shape index (κ1) is 16.4. The smallest absolute Gasteiger partial charge is 0.241 e. The first-order chi connectivity index (χ1) is 9.06. The van der Waals surface area contributed by atoms with Gasteiger partial charge in [-0.2, -0.15) is 0 Å². The number of hydrogen-bond donors (Lipinski definition) is 1. The monoisotopic (exact) mass is 271 g/mol. The van der Waals surface area contributed by atoms with E-state index in [4.69, 9.17) is 4.74 Å². The number of amides is 1. The molecule has 0 spiro atoms. The summed E-state index contributed by atoms with van der Waals surface area (Å²) in [5.74, 6) is 0.233. The van der Waals surface area contributed by atoms with Crippen LogP contribution in [0.5, 0.6) is 0 Å². The van der Waals surface area contributed by atoms with E-state index in [9.17, 15) is 4.79 Å². The molecule has 2 atom stereocenters. The van der Waals surface area contributed by atoms with Crippen LogP contribution in [0, 0.1) is 0 Å². The highest BCUT2D eigenvalue weighted by molar-refractivity contribution is 5.84. The van der Waals surface area contributed by atoms with Crippen molar-refractivity contribution >= 4 is 5.91 Å². The van der Waals surface area contributed by atoms with Gasteiger partial charge in [-0.05, 0) is 27.4 Å². The fraction of sp³-hybridized carbons (Fsp3) is 0.929. The number of carbonyl (C=O) groups excluding carboxylic acids is 1. The Balaban J connectivity index is 2.23. The Kier molecular flexibility index (Phi) is 7.34. The van der Waals surface area contributed by atoms with Gasteiger partial charge in [0.2, 0.25) is 5.91 Å². The van der Waals surface area contributed by atoms with E-state index in [2.05, 4.69) is 17.1 Å². The van der Waals surface area contributed by atoms with Crippen molar-refractivity contribution in [1.29, 1.82) is 0 Å². The van der Waals surface area contributed by atoms with Gasteiger partial charge < -0.3 is 14.5 Å². The average Bonchev–Trinajstić information content (AvgIpc) is 2.62. The summed E-state index contributed by atoms with van der Waals surface area (Å²) in [7, 11) is 4.05. The quantitative estimate of drug-likeness (QED) is 0.633. The van der Waals surface area contributed by atoms with E-state index in [0.717, 1.165) is 32.4 Å². The summed E-state index contributed by atoms with van der Waals surface area (Å²) in [5.41, 5.74) is 0. The summed E-state index contributed by atoms with van der Waals surface area (Å²) in [6.45, 7) is 7.13. The van der Waals surface area contributed by atoms with Crippen LogP contribution in [0.4, 0.5) is 0 Å². The van der Waals surface area contributed by atoms with E-state index in [1.807, 2.05) is 25.9 Å². The molecule has 0 aromatic heterocycles. The minimum atomic E-state index is 0.0109. The topological polar surface area (TPSA) is 44.8 Å². The first-order valence-electron chi connectivity index (χ1n) is 7.35. The molecule has 19 heavy (non-hydrogen) atoms. The molecule has 1 fully saturated rings. The molecule has 5 heteroatoms. The molecule has 0 aromatic carbocycles. The Morgan fingerprint density at radius 3 is 2.74 bits per heavy atom. The zero-order valence-corrected chi connectivity index (χ0v) is 12.8. The zero-order chi connectivity index (χ0) is 14.3. The lowest BCUT2D eigenvalue weighted by molar-refractivity contribution is -0.130. The minimum Gasteiger partial charge on any atom is -0.378 e. The molecule has 0 saturated carbocycles. The van der Waals surface area contributed by atoms with Crippen LogP contribution in [0.2, 0.25) is 0 Å². The summed E-state index contributed by atoms with van der Waals surface area (Å²) < 4.78 is 5.56. The molecule has 0 aliphatic carbocycles. The van der Waals surface area contributed by atoms with E-state index in [0.29, 0.717) is 13.2 Å². The van der Waals surface area contributed by atoms with E-state index >= 15 is 0 Å². The highest BCUT2D eigenvalue weighted by Crippen LogP contribution is 2.14. The van der Waals surface area contributed by atoms with Crippen molar-refractivity contribution in [2.24, 2.45) is 0 Å². The van der Waals surface area contributed by atoms with Crippen LogP contribution in [0.25, 0.3) is 0 Å². The predicted octanol–water partition coefficient (Wildman–Crippen LogP) is 0.901. The van der Waals surface area contributed by atoms with Crippen molar-refractivity contribution in [3.63, 3.8) is 0 Å². The molecule has 112 valence electrons. The van der Waals surface area contributed by atoms with Gasteiger partial charge in [-0.25, -0.2) is 0 Å². The van der Waals surface area contributed by atoms with Crippen molar-refractivity contribution in [3.05, 3.63) is 0 Å². The third-order valence-electron chi connectivity index (χ3n) is 3.50. The van der Waals surface area contributed by atoms with Crippen LogP contribution in [0.15, 0.2) is 0 Å². The van der Waals surface area contributed by atoms with Gasteiger partial charge in [-0.1, -0.05) is 19.8 Å². The van der Waals surface area contributed by atoms with Crippen molar-refractivity contribution in [3.8, 4) is 0 Å². The Morgan fingerprint density at radius 2 is 2.11 bits per heavy atom. The number of ether oxygens (including phenoxy) is 1. The molecule has 0 bridgehead atoms. The lowest BCUT2D eigenvalue weighted by atomic mass is 10.1. The van der Waals surface area contributed by atoms with E-state index < -0.39 is 0 Å². The third kappa shape index (κ3) is 5.47. The molecular formula is C14H29N3O2. The predicted molar refractivity (Wildman–Crippen MR) is 77.0 cm³/mol. The number of nitrogens with zero attached hydrogens (tertiary/aromatic N) is 2. The van der Waals surface area contributed by atoms with E-state index in [1.54, 1.807) is 0 Å². The molecule has 5 nitrogen and oxygen atoms in total. The van der Waals surface area contributed by atoms with Gasteiger partial charge in [-0.15, -0.1) is 0 Å². The lowest BCUT2D eigenvalue weighted by Gasteiger charge is -2.21. The van der Waals surface area contributed by atoms with Gasteiger partial charge in [-0.3, -0.25) is 10.1 Å². The number of unbranched alkanes of at least 4 members (excludes halogenated alkanes) is 1. The summed E-state index contributed by atoms with van der Waals surface area (Å²) in [6, 6.07) is 0.0109. The molecule has 0 radical (unpaired) electrons. The molecule has 1 aliphatic heterocycles. The van der Waals surface area contributed by atoms with Gasteiger partial charge >= 0.3 is 0 Å². The lowest BCUT2D eigenvalue weighted by Crippen LogP contribution is -2.37. The summed E-state index contributed by atoms with van der Waals surface area (Å²) in [5, 5.41) is 3.36. The van der Waals surface area contributed by atoms with Crippen molar-refractivity contribution in [2.75, 3.05) is 40.4 Å². The second kappa shape index (κ2) is 8.51. The highest BCUT2D eigenvalue weighted by atomic mass is 16.5. The van der Waals surface area contributed by atoms with Crippen LogP contribution in [0.1, 0.15) is 33.1 Å². The Hall–Kier alpha value is -0.650. The molecule has 2 unspecified atom stereocenters. The largest absolute Gasteiger partial charge is 0.378 e. The summed E-state index contributed by atoms with van der Waals surface area (Å²) in [4.78, 5) is 16.2. The van der Waals surface area contributed by atoms with Crippen LogP contribution in [0.3, 0.4) is 0 Å². The van der Waals surface area contributed by atoms with Crippen molar-refractivity contribution in [2.45, 2.75) is 45.3 Å². The maximum Gasteiger partial charge on any atom is 0.241 e. The van der Waals surface area contributed by atoms with E-state index in [-0.39, 0.29) is 18.1 Å². The molecule has 1 heterocycles. The van der Waals surface area contributed by atoms with Crippen LogP contribution < -0.4 is 5.32 Å². The molecule has 1 aliphatic rings. The van der Waals surface area contributed by atoms with Crippen LogP contribution >= 0.6 is 0 Å². The second-order valence-electron chi connectivity index (χ2n) is 5.48. The van der Waals surface area contributed by atoms with Crippen LogP contribution in [-0.4, -0.2) is 68.3 Å². The fourth-order valence-corrected chi connectivity index (χ4v) is 2.27.